The third-order valence-electron chi connectivity index (χ3n) is 1.86. The van der Waals surface area contributed by atoms with Crippen molar-refractivity contribution in [2.45, 2.75) is 13.8 Å². The highest BCUT2D eigenvalue weighted by Crippen LogP contribution is 2.20. The Morgan fingerprint density at radius 2 is 2.08 bits per heavy atom. The van der Waals surface area contributed by atoms with Crippen LogP contribution in [-0.2, 0) is 0 Å². The third-order valence-corrected chi connectivity index (χ3v) is 1.86. The highest BCUT2D eigenvalue weighted by atomic mass is 14.7. The van der Waals surface area contributed by atoms with Gasteiger partial charge in [-0.25, -0.2) is 0 Å². The largest absolute Gasteiger partial charge is 0.307 e. The van der Waals surface area contributed by atoms with Crippen molar-refractivity contribution in [3.05, 3.63) is 29.3 Å². The molecule has 0 unspecified atom stereocenters. The van der Waals surface area contributed by atoms with Crippen molar-refractivity contribution in [1.82, 2.24) is 0 Å². The molecule has 0 aliphatic rings. The molecule has 2 nitrogen and oxygen atoms in total. The lowest BCUT2D eigenvalue weighted by atomic mass is 10.1. The first-order chi connectivity index (χ1) is 5.75. The summed E-state index contributed by atoms with van der Waals surface area (Å²) in [5.74, 6) is 0. The Labute approximate surface area is 72.5 Å². The van der Waals surface area contributed by atoms with Gasteiger partial charge in [0.25, 0.3) is 0 Å². The Bertz CT molecular complexity index is 314. The van der Waals surface area contributed by atoms with E-state index in [-0.39, 0.29) is 0 Å². The van der Waals surface area contributed by atoms with E-state index in [9.17, 15) is 0 Å². The molecule has 0 bridgehead atoms. The van der Waals surface area contributed by atoms with Crippen LogP contribution in [0.15, 0.2) is 23.2 Å². The Hall–Kier alpha value is -1.44. The second-order valence-corrected chi connectivity index (χ2v) is 2.66. The molecule has 0 spiro atoms. The first kappa shape index (κ1) is 8.65. The molecular weight excluding hydrogens is 148 g/mol. The lowest BCUT2D eigenvalue weighted by molar-refractivity contribution is 1.31. The smallest absolute Gasteiger partial charge is 0.0662 e. The predicted molar refractivity (Wildman–Crippen MR) is 52.9 cm³/mol. The van der Waals surface area contributed by atoms with E-state index in [0.29, 0.717) is 0 Å². The van der Waals surface area contributed by atoms with Gasteiger partial charge in [0.2, 0.25) is 0 Å². The van der Waals surface area contributed by atoms with Crippen molar-refractivity contribution >= 4 is 18.1 Å². The summed E-state index contributed by atoms with van der Waals surface area (Å²) in [6, 6.07) is 5.97. The van der Waals surface area contributed by atoms with Crippen LogP contribution in [0.25, 0.3) is 0 Å². The minimum Gasteiger partial charge on any atom is -0.307 e. The summed E-state index contributed by atoms with van der Waals surface area (Å²) in [4.78, 5) is 4.12. The van der Waals surface area contributed by atoms with Crippen molar-refractivity contribution in [2.75, 3.05) is 0 Å². The molecule has 0 radical (unpaired) electrons. The number of rotatable bonds is 2. The number of nitrogens with one attached hydrogen (secondary N) is 1. The number of hydrogen-bond donors (Lipinski definition) is 1. The standard InChI is InChI=1S/C10H12N2/c1-8-4-3-5-10(9(8)2)12-7-6-11/h3-7,11H,1-2H3. The average Bonchev–Trinajstić information content (AvgIpc) is 2.08. The van der Waals surface area contributed by atoms with Gasteiger partial charge in [0.1, 0.15) is 0 Å². The van der Waals surface area contributed by atoms with Gasteiger partial charge in [-0.3, -0.25) is 4.99 Å². The number of nitrogens with zero attached hydrogens (tertiary/aromatic N) is 1. The summed E-state index contributed by atoms with van der Waals surface area (Å²) in [5.41, 5.74) is 3.35. The van der Waals surface area contributed by atoms with E-state index in [0.717, 1.165) is 5.69 Å². The molecule has 0 fully saturated rings. The summed E-state index contributed by atoms with van der Waals surface area (Å²) in [6.45, 7) is 4.09. The maximum atomic E-state index is 6.80. The van der Waals surface area contributed by atoms with Crippen molar-refractivity contribution in [3.63, 3.8) is 0 Å². The Morgan fingerprint density at radius 1 is 1.33 bits per heavy atom. The van der Waals surface area contributed by atoms with Crippen LogP contribution in [0.1, 0.15) is 11.1 Å². The zero-order valence-electron chi connectivity index (χ0n) is 7.33. The first-order valence-electron chi connectivity index (χ1n) is 3.85. The Kier molecular flexibility index (Phi) is 2.75. The van der Waals surface area contributed by atoms with Gasteiger partial charge in [-0.05, 0) is 31.0 Å². The van der Waals surface area contributed by atoms with Crippen LogP contribution in [0.4, 0.5) is 5.69 Å². The van der Waals surface area contributed by atoms with Crippen LogP contribution >= 0.6 is 0 Å². The number of benzene rings is 1. The molecule has 62 valence electrons. The molecule has 0 saturated carbocycles. The van der Waals surface area contributed by atoms with E-state index < -0.39 is 0 Å². The normalized spacial score (nSPS) is 10.5. The summed E-state index contributed by atoms with van der Waals surface area (Å²) in [6.07, 6.45) is 2.67. The van der Waals surface area contributed by atoms with Crippen LogP contribution in [-0.4, -0.2) is 12.4 Å². The highest BCUT2D eigenvalue weighted by Gasteiger charge is 1.96. The summed E-state index contributed by atoms with van der Waals surface area (Å²) >= 11 is 0. The molecule has 0 aliphatic carbocycles. The molecule has 1 aromatic carbocycles. The molecule has 0 aromatic heterocycles. The molecule has 2 heteroatoms. The zero-order chi connectivity index (χ0) is 8.97. The van der Waals surface area contributed by atoms with Crippen molar-refractivity contribution in [1.29, 1.82) is 5.41 Å². The van der Waals surface area contributed by atoms with Crippen molar-refractivity contribution < 1.29 is 0 Å². The number of hydrogen-bond acceptors (Lipinski definition) is 2. The minimum absolute atomic E-state index is 0.943. The quantitative estimate of drug-likeness (QED) is 0.646. The maximum absolute atomic E-state index is 6.80. The second kappa shape index (κ2) is 3.81. The lowest BCUT2D eigenvalue weighted by Gasteiger charge is -2.01. The topological polar surface area (TPSA) is 36.2 Å². The van der Waals surface area contributed by atoms with Crippen molar-refractivity contribution in [3.8, 4) is 0 Å². The van der Waals surface area contributed by atoms with E-state index in [1.54, 1.807) is 0 Å². The maximum Gasteiger partial charge on any atom is 0.0662 e. The van der Waals surface area contributed by atoms with E-state index in [1.807, 2.05) is 19.1 Å². The van der Waals surface area contributed by atoms with E-state index in [1.165, 1.54) is 23.6 Å². The van der Waals surface area contributed by atoms with Gasteiger partial charge < -0.3 is 5.41 Å². The van der Waals surface area contributed by atoms with Crippen LogP contribution in [0.2, 0.25) is 0 Å². The van der Waals surface area contributed by atoms with E-state index in [2.05, 4.69) is 18.0 Å². The monoisotopic (exact) mass is 160 g/mol. The van der Waals surface area contributed by atoms with Gasteiger partial charge in [-0.1, -0.05) is 12.1 Å². The van der Waals surface area contributed by atoms with Gasteiger partial charge in [-0.15, -0.1) is 0 Å². The molecular formula is C10H12N2. The highest BCUT2D eigenvalue weighted by molar-refractivity contribution is 6.15. The van der Waals surface area contributed by atoms with Gasteiger partial charge >= 0.3 is 0 Å². The van der Waals surface area contributed by atoms with Crippen LogP contribution in [0.5, 0.6) is 0 Å². The summed E-state index contributed by atoms with van der Waals surface area (Å²) in [7, 11) is 0. The van der Waals surface area contributed by atoms with Gasteiger partial charge in [-0.2, -0.15) is 0 Å². The van der Waals surface area contributed by atoms with Gasteiger partial charge in [0, 0.05) is 12.4 Å². The van der Waals surface area contributed by atoms with E-state index >= 15 is 0 Å². The molecule has 12 heavy (non-hydrogen) atoms. The number of aliphatic imine (C=N–C) groups is 1. The SMILES string of the molecule is Cc1cccc(N=CC=N)c1C. The molecule has 0 saturated heterocycles. The fraction of sp³-hybridized carbons (Fsp3) is 0.200. The summed E-state index contributed by atoms with van der Waals surface area (Å²) in [5, 5.41) is 6.80. The van der Waals surface area contributed by atoms with Crippen LogP contribution in [0.3, 0.4) is 0 Å². The molecule has 0 heterocycles. The molecule has 1 rings (SSSR count). The lowest BCUT2D eigenvalue weighted by Crippen LogP contribution is -1.81. The first-order valence-corrected chi connectivity index (χ1v) is 3.85. The molecule has 0 atom stereocenters. The fourth-order valence-electron chi connectivity index (χ4n) is 0.993. The molecule has 1 N–H and O–H groups in total. The zero-order valence-corrected chi connectivity index (χ0v) is 7.33. The Balaban J connectivity index is 3.07. The molecule has 1 aromatic rings. The van der Waals surface area contributed by atoms with Gasteiger partial charge in [0.05, 0.1) is 5.69 Å². The average molecular weight is 160 g/mol. The predicted octanol–water partition coefficient (Wildman–Crippen LogP) is 2.66. The van der Waals surface area contributed by atoms with Crippen molar-refractivity contribution in [2.24, 2.45) is 4.99 Å². The third kappa shape index (κ3) is 1.78. The fourth-order valence-corrected chi connectivity index (χ4v) is 0.993. The van der Waals surface area contributed by atoms with Crippen LogP contribution in [0, 0.1) is 19.3 Å². The Morgan fingerprint density at radius 3 is 2.75 bits per heavy atom. The van der Waals surface area contributed by atoms with Crippen LogP contribution < -0.4 is 0 Å². The molecule has 0 aliphatic heterocycles. The van der Waals surface area contributed by atoms with Gasteiger partial charge in [0.15, 0.2) is 0 Å². The van der Waals surface area contributed by atoms with E-state index in [4.69, 9.17) is 5.41 Å². The minimum atomic E-state index is 0.943. The number of aryl methyl sites for hydroxylation is 1. The summed E-state index contributed by atoms with van der Waals surface area (Å²) < 4.78 is 0. The second-order valence-electron chi connectivity index (χ2n) is 2.66. The molecule has 0 amide bonds.